The number of fused-ring (bicyclic) bond motifs is 1. The summed E-state index contributed by atoms with van der Waals surface area (Å²) in [6.07, 6.45) is 5.02. The van der Waals surface area contributed by atoms with Gasteiger partial charge in [-0.25, -0.2) is 0 Å². The van der Waals surface area contributed by atoms with E-state index in [1.54, 1.807) is 0 Å². The van der Waals surface area contributed by atoms with Crippen LogP contribution in [0.25, 0.3) is 0 Å². The van der Waals surface area contributed by atoms with Gasteiger partial charge in [0.25, 0.3) is 0 Å². The van der Waals surface area contributed by atoms with Gasteiger partial charge in [-0.05, 0) is 48.9 Å². The minimum absolute atomic E-state index is 0.270. The zero-order chi connectivity index (χ0) is 11.4. The van der Waals surface area contributed by atoms with Crippen LogP contribution in [0.15, 0.2) is 18.2 Å². The first-order valence-corrected chi connectivity index (χ1v) is 6.25. The van der Waals surface area contributed by atoms with Gasteiger partial charge in [-0.3, -0.25) is 0 Å². The number of hydrogen-bond acceptors (Lipinski definition) is 2. The van der Waals surface area contributed by atoms with Crippen LogP contribution in [0.3, 0.4) is 0 Å². The molecule has 1 atom stereocenters. The summed E-state index contributed by atoms with van der Waals surface area (Å²) in [7, 11) is 0. The summed E-state index contributed by atoms with van der Waals surface area (Å²) < 4.78 is 5.67. The van der Waals surface area contributed by atoms with Gasteiger partial charge in [0, 0.05) is 0 Å². The van der Waals surface area contributed by atoms with Crippen LogP contribution < -0.4 is 4.74 Å². The number of hydrogen-bond donors (Lipinski definition) is 1. The Morgan fingerprint density at radius 3 is 3.12 bits per heavy atom. The Labute approximate surface area is 97.3 Å². The monoisotopic (exact) mass is 220 g/mol. The highest BCUT2D eigenvalue weighted by molar-refractivity contribution is 5.38. The third kappa shape index (κ3) is 2.56. The van der Waals surface area contributed by atoms with Gasteiger partial charge < -0.3 is 9.84 Å². The fourth-order valence-electron chi connectivity index (χ4n) is 2.19. The maximum Gasteiger partial charge on any atom is 0.119 e. The lowest BCUT2D eigenvalue weighted by atomic mass is 9.89. The normalized spacial score (nSPS) is 19.2. The molecular formula is C14H20O2. The topological polar surface area (TPSA) is 29.5 Å². The molecular weight excluding hydrogens is 200 g/mol. The SMILES string of the molecule is CCCCOc1ccc2c(c1)CCCC2O. The molecule has 1 aliphatic carbocycles. The number of aryl methyl sites for hydroxylation is 1. The number of unbranched alkanes of at least 4 members (excludes halogenated alkanes) is 1. The fourth-order valence-corrected chi connectivity index (χ4v) is 2.19. The molecule has 0 aliphatic heterocycles. The Morgan fingerprint density at radius 1 is 1.44 bits per heavy atom. The summed E-state index contributed by atoms with van der Waals surface area (Å²) >= 11 is 0. The highest BCUT2D eigenvalue weighted by atomic mass is 16.5. The lowest BCUT2D eigenvalue weighted by molar-refractivity contribution is 0.156. The van der Waals surface area contributed by atoms with Crippen molar-refractivity contribution in [2.45, 2.75) is 45.1 Å². The van der Waals surface area contributed by atoms with Gasteiger partial charge >= 0.3 is 0 Å². The second-order valence-corrected chi connectivity index (χ2v) is 4.47. The molecule has 2 heteroatoms. The van der Waals surface area contributed by atoms with Crippen LogP contribution in [-0.4, -0.2) is 11.7 Å². The van der Waals surface area contributed by atoms with E-state index >= 15 is 0 Å². The van der Waals surface area contributed by atoms with E-state index in [4.69, 9.17) is 4.74 Å². The molecule has 88 valence electrons. The van der Waals surface area contributed by atoms with Gasteiger partial charge in [0.15, 0.2) is 0 Å². The summed E-state index contributed by atoms with van der Waals surface area (Å²) in [4.78, 5) is 0. The molecule has 0 spiro atoms. The first-order valence-electron chi connectivity index (χ1n) is 6.25. The fraction of sp³-hybridized carbons (Fsp3) is 0.571. The third-order valence-electron chi connectivity index (χ3n) is 3.16. The molecule has 1 unspecified atom stereocenters. The molecule has 16 heavy (non-hydrogen) atoms. The van der Waals surface area contributed by atoms with Crippen LogP contribution >= 0.6 is 0 Å². The van der Waals surface area contributed by atoms with Crippen LogP contribution in [0.5, 0.6) is 5.75 Å². The molecule has 1 N–H and O–H groups in total. The minimum atomic E-state index is -0.270. The van der Waals surface area contributed by atoms with E-state index in [0.717, 1.165) is 50.0 Å². The van der Waals surface area contributed by atoms with Crippen molar-refractivity contribution in [3.63, 3.8) is 0 Å². The summed E-state index contributed by atoms with van der Waals surface area (Å²) in [5, 5.41) is 9.83. The van der Waals surface area contributed by atoms with Gasteiger partial charge in [0.2, 0.25) is 0 Å². The van der Waals surface area contributed by atoms with Crippen LogP contribution in [0.2, 0.25) is 0 Å². The summed E-state index contributed by atoms with van der Waals surface area (Å²) in [5.74, 6) is 0.946. The molecule has 0 bridgehead atoms. The average Bonchev–Trinajstić information content (AvgIpc) is 2.30. The maximum absolute atomic E-state index is 9.83. The molecule has 0 aromatic heterocycles. The zero-order valence-electron chi connectivity index (χ0n) is 9.91. The van der Waals surface area contributed by atoms with Crippen molar-refractivity contribution in [1.82, 2.24) is 0 Å². The molecule has 0 amide bonds. The van der Waals surface area contributed by atoms with Crippen molar-refractivity contribution in [3.8, 4) is 5.75 Å². The van der Waals surface area contributed by atoms with Crippen molar-refractivity contribution >= 4 is 0 Å². The zero-order valence-corrected chi connectivity index (χ0v) is 9.91. The quantitative estimate of drug-likeness (QED) is 0.789. The summed E-state index contributed by atoms with van der Waals surface area (Å²) in [6, 6.07) is 6.08. The van der Waals surface area contributed by atoms with Crippen molar-refractivity contribution < 1.29 is 9.84 Å². The second-order valence-electron chi connectivity index (χ2n) is 4.47. The molecule has 0 saturated carbocycles. The maximum atomic E-state index is 9.83. The van der Waals surface area contributed by atoms with E-state index in [9.17, 15) is 5.11 Å². The number of ether oxygens (including phenoxy) is 1. The van der Waals surface area contributed by atoms with Crippen molar-refractivity contribution in [2.75, 3.05) is 6.61 Å². The molecule has 2 nitrogen and oxygen atoms in total. The van der Waals surface area contributed by atoms with Gasteiger partial charge in [-0.1, -0.05) is 19.4 Å². The lowest BCUT2D eigenvalue weighted by Gasteiger charge is -2.21. The van der Waals surface area contributed by atoms with Gasteiger partial charge in [-0.2, -0.15) is 0 Å². The Morgan fingerprint density at radius 2 is 2.31 bits per heavy atom. The first kappa shape index (κ1) is 11.5. The van der Waals surface area contributed by atoms with Crippen LogP contribution in [0.4, 0.5) is 0 Å². The van der Waals surface area contributed by atoms with E-state index in [1.807, 2.05) is 12.1 Å². The Balaban J connectivity index is 2.06. The number of rotatable bonds is 4. The van der Waals surface area contributed by atoms with E-state index in [0.29, 0.717) is 0 Å². The number of aliphatic hydroxyl groups excluding tert-OH is 1. The van der Waals surface area contributed by atoms with Gasteiger partial charge in [-0.15, -0.1) is 0 Å². The first-order chi connectivity index (χ1) is 7.81. The van der Waals surface area contributed by atoms with E-state index in [2.05, 4.69) is 13.0 Å². The third-order valence-corrected chi connectivity index (χ3v) is 3.16. The number of benzene rings is 1. The molecule has 1 aromatic carbocycles. The van der Waals surface area contributed by atoms with E-state index in [1.165, 1.54) is 5.56 Å². The highest BCUT2D eigenvalue weighted by Crippen LogP contribution is 2.31. The van der Waals surface area contributed by atoms with E-state index in [-0.39, 0.29) is 6.10 Å². The molecule has 2 rings (SSSR count). The van der Waals surface area contributed by atoms with Gasteiger partial charge in [0.05, 0.1) is 12.7 Å². The highest BCUT2D eigenvalue weighted by Gasteiger charge is 2.17. The molecule has 0 saturated heterocycles. The second kappa shape index (κ2) is 5.35. The Hall–Kier alpha value is -1.02. The minimum Gasteiger partial charge on any atom is -0.494 e. The lowest BCUT2D eigenvalue weighted by Crippen LogP contribution is -2.09. The van der Waals surface area contributed by atoms with Crippen LogP contribution in [-0.2, 0) is 6.42 Å². The molecule has 1 aromatic rings. The Bertz CT molecular complexity index is 347. The molecule has 0 fully saturated rings. The molecule has 0 heterocycles. The van der Waals surface area contributed by atoms with Crippen molar-refractivity contribution in [2.24, 2.45) is 0 Å². The molecule has 0 radical (unpaired) electrons. The average molecular weight is 220 g/mol. The number of aliphatic hydroxyl groups is 1. The standard InChI is InChI=1S/C14H20O2/c1-2-3-9-16-12-7-8-13-11(10-12)5-4-6-14(13)15/h7-8,10,14-15H,2-6,9H2,1H3. The van der Waals surface area contributed by atoms with Crippen LogP contribution in [0.1, 0.15) is 49.8 Å². The van der Waals surface area contributed by atoms with E-state index < -0.39 is 0 Å². The van der Waals surface area contributed by atoms with Gasteiger partial charge in [0.1, 0.15) is 5.75 Å². The van der Waals surface area contributed by atoms with Crippen molar-refractivity contribution in [3.05, 3.63) is 29.3 Å². The Kier molecular flexibility index (Phi) is 3.83. The molecule has 1 aliphatic rings. The van der Waals surface area contributed by atoms with Crippen molar-refractivity contribution in [1.29, 1.82) is 0 Å². The predicted molar refractivity (Wildman–Crippen MR) is 64.7 cm³/mol. The predicted octanol–water partition coefficient (Wildman–Crippen LogP) is 3.24. The smallest absolute Gasteiger partial charge is 0.119 e. The van der Waals surface area contributed by atoms with Crippen LogP contribution in [0, 0.1) is 0 Å². The summed E-state index contributed by atoms with van der Waals surface area (Å²) in [6.45, 7) is 2.95. The largest absolute Gasteiger partial charge is 0.494 e. The summed E-state index contributed by atoms with van der Waals surface area (Å²) in [5.41, 5.74) is 2.35.